The molecule has 0 N–H and O–H groups in total. The minimum Gasteiger partial charge on any atom is -0.457 e. The fourth-order valence-corrected chi connectivity index (χ4v) is 4.50. The zero-order valence-electron chi connectivity index (χ0n) is 19.3. The van der Waals surface area contributed by atoms with Crippen molar-refractivity contribution in [3.8, 4) is 0 Å². The second kappa shape index (κ2) is 10.3. The van der Waals surface area contributed by atoms with Crippen LogP contribution in [0.25, 0.3) is 0 Å². The molecule has 6 heteroatoms. The lowest BCUT2D eigenvalue weighted by atomic mass is 9.83. The van der Waals surface area contributed by atoms with E-state index in [1.165, 1.54) is 5.56 Å². The van der Waals surface area contributed by atoms with E-state index in [0.29, 0.717) is 29.4 Å². The molecule has 1 amide bonds. The lowest BCUT2D eigenvalue weighted by Crippen LogP contribution is -2.40. The predicted octanol–water partition coefficient (Wildman–Crippen LogP) is 5.24. The third-order valence-corrected chi connectivity index (χ3v) is 6.27. The van der Waals surface area contributed by atoms with Gasteiger partial charge in [0.05, 0.1) is 12.2 Å². The molecular weight excluding hydrogens is 426 g/mol. The Kier molecular flexibility index (Phi) is 7.75. The Morgan fingerprint density at radius 1 is 1.09 bits per heavy atom. The molecule has 0 saturated carbocycles. The Labute approximate surface area is 195 Å². The minimum atomic E-state index is -0.406. The zero-order chi connectivity index (χ0) is 23.4. The number of hydrogen-bond donors (Lipinski definition) is 0. The van der Waals surface area contributed by atoms with Gasteiger partial charge in [-0.1, -0.05) is 41.4 Å². The highest BCUT2D eigenvalue weighted by Crippen LogP contribution is 2.37. The van der Waals surface area contributed by atoms with Gasteiger partial charge in [-0.3, -0.25) is 4.79 Å². The molecule has 1 aliphatic heterocycles. The molecule has 2 aromatic carbocycles. The number of esters is 1. The SMILES string of the molecule is COCCN1C(=O)CC(c2ccc(Cl)cc2)C(C(=O)OCc2c(C)cc(C)cc2C)=C1C. The molecule has 5 nitrogen and oxygen atoms in total. The second-order valence-corrected chi connectivity index (χ2v) is 8.74. The van der Waals surface area contributed by atoms with E-state index in [0.717, 1.165) is 22.3 Å². The quantitative estimate of drug-likeness (QED) is 0.535. The first-order valence-electron chi connectivity index (χ1n) is 10.7. The first-order valence-corrected chi connectivity index (χ1v) is 11.1. The molecule has 32 heavy (non-hydrogen) atoms. The maximum Gasteiger partial charge on any atom is 0.336 e. The van der Waals surface area contributed by atoms with Crippen molar-refractivity contribution in [1.82, 2.24) is 4.90 Å². The summed E-state index contributed by atoms with van der Waals surface area (Å²) in [7, 11) is 1.59. The number of aryl methyl sites for hydroxylation is 3. The Bertz CT molecular complexity index is 1020. The topological polar surface area (TPSA) is 55.8 Å². The molecule has 1 heterocycles. The lowest BCUT2D eigenvalue weighted by molar-refractivity contribution is -0.141. The van der Waals surface area contributed by atoms with Crippen molar-refractivity contribution < 1.29 is 19.1 Å². The van der Waals surface area contributed by atoms with Gasteiger partial charge >= 0.3 is 5.97 Å². The first-order chi connectivity index (χ1) is 15.2. The second-order valence-electron chi connectivity index (χ2n) is 8.30. The van der Waals surface area contributed by atoms with Gasteiger partial charge in [0.2, 0.25) is 5.91 Å². The Hall–Kier alpha value is -2.63. The number of methoxy groups -OCH3 is 1. The highest BCUT2D eigenvalue weighted by atomic mass is 35.5. The van der Waals surface area contributed by atoms with E-state index in [1.54, 1.807) is 31.1 Å². The van der Waals surface area contributed by atoms with E-state index in [1.807, 2.05) is 32.9 Å². The highest BCUT2D eigenvalue weighted by Gasteiger charge is 2.36. The molecule has 0 bridgehead atoms. The summed E-state index contributed by atoms with van der Waals surface area (Å²) in [5.41, 5.74) is 6.35. The molecule has 0 aromatic heterocycles. The fraction of sp³-hybridized carbons (Fsp3) is 0.385. The van der Waals surface area contributed by atoms with Gasteiger partial charge < -0.3 is 14.4 Å². The Balaban J connectivity index is 1.94. The van der Waals surface area contributed by atoms with Crippen LogP contribution in [-0.2, 0) is 25.7 Å². The first kappa shape index (κ1) is 24.0. The van der Waals surface area contributed by atoms with Crippen molar-refractivity contribution in [2.24, 2.45) is 0 Å². The molecule has 0 fully saturated rings. The number of allylic oxidation sites excluding steroid dienone is 1. The largest absolute Gasteiger partial charge is 0.457 e. The number of halogens is 1. The van der Waals surface area contributed by atoms with Gasteiger partial charge in [0.25, 0.3) is 0 Å². The Morgan fingerprint density at radius 3 is 2.31 bits per heavy atom. The number of amides is 1. The van der Waals surface area contributed by atoms with Crippen LogP contribution in [0.15, 0.2) is 47.7 Å². The number of benzene rings is 2. The van der Waals surface area contributed by atoms with Crippen LogP contribution in [-0.4, -0.2) is 37.0 Å². The van der Waals surface area contributed by atoms with Crippen LogP contribution in [0, 0.1) is 20.8 Å². The molecule has 3 rings (SSSR count). The van der Waals surface area contributed by atoms with Crippen LogP contribution < -0.4 is 0 Å². The van der Waals surface area contributed by atoms with Gasteiger partial charge in [-0.25, -0.2) is 4.79 Å². The predicted molar refractivity (Wildman–Crippen MR) is 126 cm³/mol. The number of hydrogen-bond acceptors (Lipinski definition) is 4. The van der Waals surface area contributed by atoms with Crippen molar-refractivity contribution in [3.05, 3.63) is 80.5 Å². The van der Waals surface area contributed by atoms with Crippen LogP contribution in [0.5, 0.6) is 0 Å². The molecule has 170 valence electrons. The standard InChI is InChI=1S/C26H30ClNO4/c1-16-12-17(2)23(18(3)13-16)15-32-26(30)25-19(4)28(10-11-31-5)24(29)14-22(25)20-6-8-21(27)9-7-20/h6-9,12-13,22H,10-11,14-15H2,1-5H3. The summed E-state index contributed by atoms with van der Waals surface area (Å²) in [5.74, 6) is -0.829. The molecule has 0 aliphatic carbocycles. The van der Waals surface area contributed by atoms with Crippen LogP contribution in [0.3, 0.4) is 0 Å². The van der Waals surface area contributed by atoms with E-state index in [4.69, 9.17) is 21.1 Å². The third kappa shape index (κ3) is 5.22. The summed E-state index contributed by atoms with van der Waals surface area (Å²) in [6, 6.07) is 11.4. The average molecular weight is 456 g/mol. The van der Waals surface area contributed by atoms with Gasteiger partial charge in [0, 0.05) is 36.7 Å². The summed E-state index contributed by atoms with van der Waals surface area (Å²) < 4.78 is 11.0. The maximum absolute atomic E-state index is 13.4. The van der Waals surface area contributed by atoms with Crippen LogP contribution in [0.4, 0.5) is 0 Å². The summed E-state index contributed by atoms with van der Waals surface area (Å²) in [6.07, 6.45) is 0.190. The zero-order valence-corrected chi connectivity index (χ0v) is 20.1. The third-order valence-electron chi connectivity index (χ3n) is 6.02. The van der Waals surface area contributed by atoms with Crippen molar-refractivity contribution >= 4 is 23.5 Å². The van der Waals surface area contributed by atoms with Crippen molar-refractivity contribution in [3.63, 3.8) is 0 Å². The van der Waals surface area contributed by atoms with Gasteiger partial charge in [0.15, 0.2) is 0 Å². The molecule has 0 spiro atoms. The van der Waals surface area contributed by atoms with Gasteiger partial charge in [0.1, 0.15) is 6.61 Å². The van der Waals surface area contributed by atoms with E-state index in [-0.39, 0.29) is 24.9 Å². The fourth-order valence-electron chi connectivity index (χ4n) is 4.37. The minimum absolute atomic E-state index is 0.0405. The molecule has 0 saturated heterocycles. The van der Waals surface area contributed by atoms with E-state index < -0.39 is 5.97 Å². The molecule has 2 aromatic rings. The number of carbonyl (C=O) groups excluding carboxylic acids is 2. The normalized spacial score (nSPS) is 16.5. The number of carbonyl (C=O) groups is 2. The average Bonchev–Trinajstić information content (AvgIpc) is 2.73. The smallest absolute Gasteiger partial charge is 0.336 e. The summed E-state index contributed by atoms with van der Waals surface area (Å²) >= 11 is 6.05. The molecular formula is C26H30ClNO4. The molecule has 1 aliphatic rings. The van der Waals surface area contributed by atoms with Gasteiger partial charge in [-0.05, 0) is 62.1 Å². The summed E-state index contributed by atoms with van der Waals surface area (Å²) in [6.45, 7) is 8.86. The lowest BCUT2D eigenvalue weighted by Gasteiger charge is -2.34. The monoisotopic (exact) mass is 455 g/mol. The summed E-state index contributed by atoms with van der Waals surface area (Å²) in [5, 5.41) is 0.604. The van der Waals surface area contributed by atoms with Crippen LogP contribution >= 0.6 is 11.6 Å². The Morgan fingerprint density at radius 2 is 1.72 bits per heavy atom. The van der Waals surface area contributed by atoms with Crippen LogP contribution in [0.2, 0.25) is 5.02 Å². The van der Waals surface area contributed by atoms with Crippen molar-refractivity contribution in [2.75, 3.05) is 20.3 Å². The number of nitrogens with zero attached hydrogens (tertiary/aromatic N) is 1. The van der Waals surface area contributed by atoms with E-state index in [2.05, 4.69) is 12.1 Å². The van der Waals surface area contributed by atoms with Gasteiger partial charge in [-0.2, -0.15) is 0 Å². The van der Waals surface area contributed by atoms with Crippen LogP contribution in [0.1, 0.15) is 47.1 Å². The molecule has 1 atom stereocenters. The molecule has 0 radical (unpaired) electrons. The van der Waals surface area contributed by atoms with Crippen molar-refractivity contribution in [1.29, 1.82) is 0 Å². The summed E-state index contributed by atoms with van der Waals surface area (Å²) in [4.78, 5) is 27.9. The van der Waals surface area contributed by atoms with Gasteiger partial charge in [-0.15, -0.1) is 0 Å². The van der Waals surface area contributed by atoms with E-state index in [9.17, 15) is 9.59 Å². The highest BCUT2D eigenvalue weighted by molar-refractivity contribution is 6.30. The number of ether oxygens (including phenoxy) is 2. The molecule has 1 unspecified atom stereocenters. The van der Waals surface area contributed by atoms with E-state index >= 15 is 0 Å². The maximum atomic E-state index is 13.4. The van der Waals surface area contributed by atoms with Crippen molar-refractivity contribution in [2.45, 2.75) is 46.6 Å². The number of rotatable bonds is 7.